The summed E-state index contributed by atoms with van der Waals surface area (Å²) < 4.78 is 15.6. The zero-order chi connectivity index (χ0) is 14.7. The normalized spacial score (nSPS) is 12.2. The molecule has 1 amide bonds. The van der Waals surface area contributed by atoms with Crippen molar-refractivity contribution in [2.75, 3.05) is 5.73 Å². The van der Waals surface area contributed by atoms with Crippen molar-refractivity contribution in [3.05, 3.63) is 47.5 Å². The lowest BCUT2D eigenvalue weighted by atomic mass is 10.1. The van der Waals surface area contributed by atoms with Crippen molar-refractivity contribution in [2.45, 2.75) is 26.4 Å². The minimum absolute atomic E-state index is 0.0326. The maximum Gasteiger partial charge on any atom is 0.254 e. The maximum absolute atomic E-state index is 13.9. The Kier molecular flexibility index (Phi) is 4.02. The van der Waals surface area contributed by atoms with Crippen molar-refractivity contribution in [2.24, 2.45) is 0 Å². The molecule has 0 spiro atoms. The highest BCUT2D eigenvalue weighted by atomic mass is 19.1. The molecule has 1 unspecified atom stereocenters. The van der Waals surface area contributed by atoms with Gasteiger partial charge in [-0.3, -0.25) is 9.48 Å². The Balaban J connectivity index is 2.08. The zero-order valence-corrected chi connectivity index (χ0v) is 11.4. The second kappa shape index (κ2) is 5.73. The van der Waals surface area contributed by atoms with Gasteiger partial charge in [0.05, 0.1) is 12.1 Å². The quantitative estimate of drug-likeness (QED) is 0.835. The monoisotopic (exact) mass is 276 g/mol. The number of amides is 1. The predicted octanol–water partition coefficient (Wildman–Crippen LogP) is 1.73. The molecule has 3 N–H and O–H groups in total. The van der Waals surface area contributed by atoms with Crippen LogP contribution in [0, 0.1) is 12.7 Å². The van der Waals surface area contributed by atoms with Gasteiger partial charge in [-0.05, 0) is 37.6 Å². The molecule has 0 fully saturated rings. The highest BCUT2D eigenvalue weighted by molar-refractivity contribution is 5.95. The number of aromatic nitrogens is 2. The first-order valence-corrected chi connectivity index (χ1v) is 6.31. The van der Waals surface area contributed by atoms with Gasteiger partial charge in [0.1, 0.15) is 5.82 Å². The molecule has 1 aromatic heterocycles. The van der Waals surface area contributed by atoms with Crippen molar-refractivity contribution in [1.29, 1.82) is 0 Å². The summed E-state index contributed by atoms with van der Waals surface area (Å²) in [6, 6.07) is 4.47. The standard InChI is InChI=1S/C14H17FN4O/c1-9-6-11(16)7-12(13(9)15)14(20)18-10(2)8-19-5-3-4-17-19/h3-7,10H,8,16H2,1-2H3,(H,18,20). The highest BCUT2D eigenvalue weighted by Crippen LogP contribution is 2.17. The second-order valence-corrected chi connectivity index (χ2v) is 4.80. The van der Waals surface area contributed by atoms with Crippen LogP contribution in [0.1, 0.15) is 22.8 Å². The first-order valence-electron chi connectivity index (χ1n) is 6.31. The number of nitrogens with two attached hydrogens (primary N) is 1. The Morgan fingerprint density at radius 2 is 2.30 bits per heavy atom. The fourth-order valence-electron chi connectivity index (χ4n) is 2.00. The maximum atomic E-state index is 13.9. The van der Waals surface area contributed by atoms with Crippen LogP contribution in [0.4, 0.5) is 10.1 Å². The summed E-state index contributed by atoms with van der Waals surface area (Å²) in [5.41, 5.74) is 6.34. The van der Waals surface area contributed by atoms with Crippen LogP contribution >= 0.6 is 0 Å². The molecular formula is C14H17FN4O. The number of hydrogen-bond donors (Lipinski definition) is 2. The molecule has 0 aliphatic heterocycles. The van der Waals surface area contributed by atoms with E-state index in [1.165, 1.54) is 12.1 Å². The third-order valence-electron chi connectivity index (χ3n) is 2.92. The first kappa shape index (κ1) is 14.0. The summed E-state index contributed by atoms with van der Waals surface area (Å²) in [5, 5.41) is 6.79. The molecule has 5 nitrogen and oxygen atoms in total. The number of nitrogens with zero attached hydrogens (tertiary/aromatic N) is 2. The van der Waals surface area contributed by atoms with Gasteiger partial charge in [-0.1, -0.05) is 0 Å². The van der Waals surface area contributed by atoms with Crippen LogP contribution in [-0.4, -0.2) is 21.7 Å². The van der Waals surface area contributed by atoms with Crippen molar-refractivity contribution < 1.29 is 9.18 Å². The van der Waals surface area contributed by atoms with Crippen LogP contribution in [0.2, 0.25) is 0 Å². The highest BCUT2D eigenvalue weighted by Gasteiger charge is 2.16. The van der Waals surface area contributed by atoms with Gasteiger partial charge in [-0.15, -0.1) is 0 Å². The topological polar surface area (TPSA) is 72.9 Å². The first-order chi connectivity index (χ1) is 9.47. The van der Waals surface area contributed by atoms with Gasteiger partial charge in [-0.25, -0.2) is 4.39 Å². The number of halogens is 1. The van der Waals surface area contributed by atoms with Crippen molar-refractivity contribution in [1.82, 2.24) is 15.1 Å². The fourth-order valence-corrected chi connectivity index (χ4v) is 2.00. The summed E-state index contributed by atoms with van der Waals surface area (Å²) in [7, 11) is 0. The lowest BCUT2D eigenvalue weighted by molar-refractivity contribution is 0.0932. The molecule has 6 heteroatoms. The Hall–Kier alpha value is -2.37. The van der Waals surface area contributed by atoms with Gasteiger partial charge in [-0.2, -0.15) is 5.10 Å². The molecule has 1 heterocycles. The molecule has 20 heavy (non-hydrogen) atoms. The molecule has 0 bridgehead atoms. The summed E-state index contributed by atoms with van der Waals surface area (Å²) in [5.74, 6) is -1.01. The van der Waals surface area contributed by atoms with E-state index < -0.39 is 11.7 Å². The minimum atomic E-state index is -0.539. The SMILES string of the molecule is Cc1cc(N)cc(C(=O)NC(C)Cn2cccn2)c1F. The van der Waals surface area contributed by atoms with Gasteiger partial charge in [0, 0.05) is 24.1 Å². The summed E-state index contributed by atoms with van der Waals surface area (Å²) >= 11 is 0. The van der Waals surface area contributed by atoms with Crippen molar-refractivity contribution >= 4 is 11.6 Å². The molecule has 0 saturated carbocycles. The molecule has 0 aliphatic carbocycles. The Morgan fingerprint density at radius 3 is 2.95 bits per heavy atom. The van der Waals surface area contributed by atoms with E-state index in [4.69, 9.17) is 5.73 Å². The molecular weight excluding hydrogens is 259 g/mol. The average Bonchev–Trinajstić information content (AvgIpc) is 2.86. The molecule has 1 aromatic carbocycles. The number of nitrogen functional groups attached to an aromatic ring is 1. The van der Waals surface area contributed by atoms with Crippen molar-refractivity contribution in [3.8, 4) is 0 Å². The average molecular weight is 276 g/mol. The Morgan fingerprint density at radius 1 is 1.55 bits per heavy atom. The molecule has 0 radical (unpaired) electrons. The third-order valence-corrected chi connectivity index (χ3v) is 2.92. The van der Waals surface area contributed by atoms with E-state index in [2.05, 4.69) is 10.4 Å². The lowest BCUT2D eigenvalue weighted by Gasteiger charge is -2.15. The van der Waals surface area contributed by atoms with Gasteiger partial charge >= 0.3 is 0 Å². The number of anilines is 1. The largest absolute Gasteiger partial charge is 0.399 e. The van der Waals surface area contributed by atoms with E-state index in [9.17, 15) is 9.18 Å². The van der Waals surface area contributed by atoms with E-state index in [1.807, 2.05) is 6.92 Å². The van der Waals surface area contributed by atoms with E-state index in [1.54, 1.807) is 30.1 Å². The van der Waals surface area contributed by atoms with Crippen LogP contribution in [0.15, 0.2) is 30.6 Å². The van der Waals surface area contributed by atoms with Crippen LogP contribution in [-0.2, 0) is 6.54 Å². The molecule has 0 saturated heterocycles. The van der Waals surface area contributed by atoms with Crippen LogP contribution in [0.25, 0.3) is 0 Å². The number of hydrogen-bond acceptors (Lipinski definition) is 3. The molecule has 0 aliphatic rings. The van der Waals surface area contributed by atoms with E-state index in [0.29, 0.717) is 17.8 Å². The molecule has 106 valence electrons. The van der Waals surface area contributed by atoms with Crippen LogP contribution in [0.3, 0.4) is 0 Å². The number of rotatable bonds is 4. The number of aryl methyl sites for hydroxylation is 1. The molecule has 2 rings (SSSR count). The Bertz CT molecular complexity index is 610. The number of carbonyl (C=O) groups is 1. The summed E-state index contributed by atoms with van der Waals surface area (Å²) in [4.78, 5) is 12.1. The van der Waals surface area contributed by atoms with Crippen molar-refractivity contribution in [3.63, 3.8) is 0 Å². The van der Waals surface area contributed by atoms with Crippen LogP contribution in [0.5, 0.6) is 0 Å². The number of nitrogens with one attached hydrogen (secondary N) is 1. The fraction of sp³-hybridized carbons (Fsp3) is 0.286. The van der Waals surface area contributed by atoms with Crippen LogP contribution < -0.4 is 11.1 Å². The summed E-state index contributed by atoms with van der Waals surface area (Å²) in [6.45, 7) is 3.92. The smallest absolute Gasteiger partial charge is 0.254 e. The summed E-state index contributed by atoms with van der Waals surface area (Å²) in [6.07, 6.45) is 3.46. The van der Waals surface area contributed by atoms with Gasteiger partial charge in [0.15, 0.2) is 0 Å². The molecule has 1 atom stereocenters. The zero-order valence-electron chi connectivity index (χ0n) is 11.4. The third kappa shape index (κ3) is 3.14. The van der Waals surface area contributed by atoms with Gasteiger partial charge < -0.3 is 11.1 Å². The lowest BCUT2D eigenvalue weighted by Crippen LogP contribution is -2.36. The van der Waals surface area contributed by atoms with Gasteiger partial charge in [0.2, 0.25) is 0 Å². The predicted molar refractivity (Wildman–Crippen MR) is 74.7 cm³/mol. The molecule has 2 aromatic rings. The second-order valence-electron chi connectivity index (χ2n) is 4.80. The van der Waals surface area contributed by atoms with E-state index in [-0.39, 0.29) is 11.6 Å². The van der Waals surface area contributed by atoms with Gasteiger partial charge in [0.25, 0.3) is 5.91 Å². The minimum Gasteiger partial charge on any atom is -0.399 e. The number of benzene rings is 1. The van der Waals surface area contributed by atoms with E-state index in [0.717, 1.165) is 0 Å². The Labute approximate surface area is 116 Å². The van der Waals surface area contributed by atoms with E-state index >= 15 is 0 Å². The number of carbonyl (C=O) groups excluding carboxylic acids is 1.